The van der Waals surface area contributed by atoms with Crippen LogP contribution in [0.25, 0.3) is 0 Å². The monoisotopic (exact) mass is 212 g/mol. The maximum Gasteiger partial charge on any atom is 0.166 e. The average Bonchev–Trinajstić information content (AvgIpc) is 2.84. The van der Waals surface area contributed by atoms with Crippen molar-refractivity contribution in [3.05, 3.63) is 0 Å². The summed E-state index contributed by atoms with van der Waals surface area (Å²) in [6.07, 6.45) is 7.91. The van der Waals surface area contributed by atoms with Gasteiger partial charge in [0.25, 0.3) is 0 Å². The SMILES string of the molecule is CCC1CCCC1NC(=S)NC1CC1. The van der Waals surface area contributed by atoms with Crippen molar-refractivity contribution in [2.24, 2.45) is 5.92 Å². The zero-order valence-electron chi connectivity index (χ0n) is 8.88. The Kier molecular flexibility index (Phi) is 3.26. The van der Waals surface area contributed by atoms with E-state index in [2.05, 4.69) is 17.6 Å². The number of hydrogen-bond acceptors (Lipinski definition) is 1. The Morgan fingerprint density at radius 1 is 1.21 bits per heavy atom. The predicted octanol–water partition coefficient (Wildman–Crippen LogP) is 2.19. The van der Waals surface area contributed by atoms with Gasteiger partial charge >= 0.3 is 0 Å². The van der Waals surface area contributed by atoms with Gasteiger partial charge in [0, 0.05) is 12.1 Å². The van der Waals surface area contributed by atoms with Crippen molar-refractivity contribution in [2.75, 3.05) is 0 Å². The van der Waals surface area contributed by atoms with E-state index in [0.29, 0.717) is 12.1 Å². The van der Waals surface area contributed by atoms with Crippen LogP contribution in [0.3, 0.4) is 0 Å². The van der Waals surface area contributed by atoms with Crippen LogP contribution >= 0.6 is 12.2 Å². The summed E-state index contributed by atoms with van der Waals surface area (Å²) in [7, 11) is 0. The zero-order valence-corrected chi connectivity index (χ0v) is 9.70. The number of thiocarbonyl (C=S) groups is 1. The molecule has 3 heteroatoms. The van der Waals surface area contributed by atoms with E-state index in [1.165, 1.54) is 38.5 Å². The second-order valence-corrected chi connectivity index (χ2v) is 5.01. The molecule has 2 fully saturated rings. The Morgan fingerprint density at radius 3 is 2.64 bits per heavy atom. The van der Waals surface area contributed by atoms with Crippen LogP contribution in [0.4, 0.5) is 0 Å². The van der Waals surface area contributed by atoms with Crippen LogP contribution in [0.5, 0.6) is 0 Å². The fourth-order valence-electron chi connectivity index (χ4n) is 2.34. The molecule has 2 atom stereocenters. The zero-order chi connectivity index (χ0) is 9.97. The Morgan fingerprint density at radius 2 is 2.00 bits per heavy atom. The van der Waals surface area contributed by atoms with Crippen molar-refractivity contribution in [1.29, 1.82) is 0 Å². The Hall–Kier alpha value is -0.310. The van der Waals surface area contributed by atoms with Gasteiger partial charge in [-0.15, -0.1) is 0 Å². The highest BCUT2D eigenvalue weighted by atomic mass is 32.1. The minimum atomic E-state index is 0.638. The molecule has 2 rings (SSSR count). The summed E-state index contributed by atoms with van der Waals surface area (Å²) in [6, 6.07) is 1.32. The van der Waals surface area contributed by atoms with Gasteiger partial charge in [0.2, 0.25) is 0 Å². The van der Waals surface area contributed by atoms with Crippen molar-refractivity contribution < 1.29 is 0 Å². The van der Waals surface area contributed by atoms with Crippen molar-refractivity contribution in [1.82, 2.24) is 10.6 Å². The van der Waals surface area contributed by atoms with Gasteiger partial charge in [-0.25, -0.2) is 0 Å². The molecule has 0 saturated heterocycles. The third-order valence-electron chi connectivity index (χ3n) is 3.41. The van der Waals surface area contributed by atoms with Gasteiger partial charge in [0.1, 0.15) is 0 Å². The van der Waals surface area contributed by atoms with Crippen LogP contribution in [-0.4, -0.2) is 17.2 Å². The normalized spacial score (nSPS) is 31.5. The summed E-state index contributed by atoms with van der Waals surface area (Å²) in [5.41, 5.74) is 0. The van der Waals surface area contributed by atoms with Crippen LogP contribution in [0, 0.1) is 5.92 Å². The molecule has 14 heavy (non-hydrogen) atoms. The first kappa shape index (κ1) is 10.2. The summed E-state index contributed by atoms with van der Waals surface area (Å²) in [6.45, 7) is 2.28. The van der Waals surface area contributed by atoms with Crippen LogP contribution in [0.1, 0.15) is 45.4 Å². The standard InChI is InChI=1S/C11H20N2S/c1-2-8-4-3-5-10(8)13-11(14)12-9-6-7-9/h8-10H,2-7H2,1H3,(H2,12,13,14). The molecule has 2 nitrogen and oxygen atoms in total. The van der Waals surface area contributed by atoms with Gasteiger partial charge in [-0.3, -0.25) is 0 Å². The lowest BCUT2D eigenvalue weighted by Gasteiger charge is -2.21. The largest absolute Gasteiger partial charge is 0.360 e. The lowest BCUT2D eigenvalue weighted by Crippen LogP contribution is -2.44. The highest BCUT2D eigenvalue weighted by Crippen LogP contribution is 2.28. The maximum absolute atomic E-state index is 5.29. The molecule has 2 aliphatic carbocycles. The van der Waals surface area contributed by atoms with Crippen LogP contribution in [0.15, 0.2) is 0 Å². The summed E-state index contributed by atoms with van der Waals surface area (Å²) >= 11 is 5.29. The van der Waals surface area contributed by atoms with Gasteiger partial charge in [-0.05, 0) is 43.8 Å². The van der Waals surface area contributed by atoms with Crippen LogP contribution < -0.4 is 10.6 Å². The molecule has 2 aliphatic rings. The number of hydrogen-bond donors (Lipinski definition) is 2. The smallest absolute Gasteiger partial charge is 0.166 e. The van der Waals surface area contributed by atoms with Crippen molar-refractivity contribution in [3.63, 3.8) is 0 Å². The van der Waals surface area contributed by atoms with Gasteiger partial charge < -0.3 is 10.6 Å². The van der Waals surface area contributed by atoms with Crippen molar-refractivity contribution in [3.8, 4) is 0 Å². The highest BCUT2D eigenvalue weighted by molar-refractivity contribution is 7.80. The van der Waals surface area contributed by atoms with Gasteiger partial charge in [0.15, 0.2) is 5.11 Å². The third-order valence-corrected chi connectivity index (χ3v) is 3.65. The van der Waals surface area contributed by atoms with E-state index in [1.807, 2.05) is 0 Å². The lowest BCUT2D eigenvalue weighted by molar-refractivity contribution is 0.434. The molecule has 0 heterocycles. The number of nitrogens with one attached hydrogen (secondary N) is 2. The van der Waals surface area contributed by atoms with Crippen LogP contribution in [-0.2, 0) is 0 Å². The highest BCUT2D eigenvalue weighted by Gasteiger charge is 2.27. The van der Waals surface area contributed by atoms with E-state index in [9.17, 15) is 0 Å². The van der Waals surface area contributed by atoms with E-state index in [0.717, 1.165) is 11.0 Å². The molecule has 0 amide bonds. The van der Waals surface area contributed by atoms with Crippen LogP contribution in [0.2, 0.25) is 0 Å². The Balaban J connectivity index is 1.74. The molecular formula is C11H20N2S. The molecule has 2 unspecified atom stereocenters. The Bertz CT molecular complexity index is 213. The molecule has 0 bridgehead atoms. The molecule has 2 N–H and O–H groups in total. The molecule has 0 aliphatic heterocycles. The first-order valence-electron chi connectivity index (χ1n) is 5.86. The van der Waals surface area contributed by atoms with E-state index < -0.39 is 0 Å². The number of rotatable bonds is 3. The van der Waals surface area contributed by atoms with E-state index in [1.54, 1.807) is 0 Å². The minimum Gasteiger partial charge on any atom is -0.360 e. The second-order valence-electron chi connectivity index (χ2n) is 4.60. The van der Waals surface area contributed by atoms with Gasteiger partial charge in [0.05, 0.1) is 0 Å². The van der Waals surface area contributed by atoms with E-state index in [-0.39, 0.29) is 0 Å². The summed E-state index contributed by atoms with van der Waals surface area (Å²) in [4.78, 5) is 0. The topological polar surface area (TPSA) is 24.1 Å². The summed E-state index contributed by atoms with van der Waals surface area (Å²) < 4.78 is 0. The average molecular weight is 212 g/mol. The lowest BCUT2D eigenvalue weighted by atomic mass is 10.0. The molecule has 0 aromatic carbocycles. The van der Waals surface area contributed by atoms with E-state index in [4.69, 9.17) is 12.2 Å². The first-order chi connectivity index (χ1) is 6.79. The summed E-state index contributed by atoms with van der Waals surface area (Å²) in [5.74, 6) is 0.842. The molecule has 80 valence electrons. The molecule has 0 spiro atoms. The fourth-order valence-corrected chi connectivity index (χ4v) is 2.66. The first-order valence-corrected chi connectivity index (χ1v) is 6.27. The summed E-state index contributed by atoms with van der Waals surface area (Å²) in [5, 5.41) is 7.70. The van der Waals surface area contributed by atoms with Crippen molar-refractivity contribution in [2.45, 2.75) is 57.5 Å². The molecule has 0 radical (unpaired) electrons. The quantitative estimate of drug-likeness (QED) is 0.701. The third kappa shape index (κ3) is 2.59. The Labute approximate surface area is 91.8 Å². The molecular weight excluding hydrogens is 192 g/mol. The van der Waals surface area contributed by atoms with Gasteiger partial charge in [-0.2, -0.15) is 0 Å². The van der Waals surface area contributed by atoms with Gasteiger partial charge in [-0.1, -0.05) is 19.8 Å². The fraction of sp³-hybridized carbons (Fsp3) is 0.909. The molecule has 0 aromatic rings. The minimum absolute atomic E-state index is 0.638. The predicted molar refractivity (Wildman–Crippen MR) is 63.3 cm³/mol. The maximum atomic E-state index is 5.29. The van der Waals surface area contributed by atoms with E-state index >= 15 is 0 Å². The second kappa shape index (κ2) is 4.47. The molecule has 0 aromatic heterocycles. The van der Waals surface area contributed by atoms with Crippen molar-refractivity contribution >= 4 is 17.3 Å². The molecule has 2 saturated carbocycles.